The molecule has 0 spiro atoms. The summed E-state index contributed by atoms with van der Waals surface area (Å²) in [5, 5.41) is 0.318. The summed E-state index contributed by atoms with van der Waals surface area (Å²) in [6.07, 6.45) is 0. The zero-order valence-electron chi connectivity index (χ0n) is 22.3. The normalized spacial score (nSPS) is 13.1. The molecule has 0 heterocycles. The topological polar surface area (TPSA) is 51.2 Å². The fourth-order valence-electron chi connectivity index (χ4n) is 4.88. The average molecular weight is 509 g/mol. The molecule has 1 atom stereocenters. The van der Waals surface area contributed by atoms with Gasteiger partial charge in [-0.25, -0.2) is 0 Å². The van der Waals surface area contributed by atoms with Crippen LogP contribution in [0.4, 0.5) is 0 Å². The third-order valence-electron chi connectivity index (χ3n) is 6.84. The fraction of sp³-hybridized carbons (Fsp3) is 0.212. The van der Waals surface area contributed by atoms with Crippen molar-refractivity contribution < 1.29 is 14.2 Å². The van der Waals surface area contributed by atoms with Crippen LogP contribution in [0.25, 0.3) is 11.1 Å². The summed E-state index contributed by atoms with van der Waals surface area (Å²) in [5.74, 6) is 0. The van der Waals surface area contributed by atoms with E-state index in [1.54, 1.807) is 30.3 Å². The van der Waals surface area contributed by atoms with Gasteiger partial charge in [0, 0.05) is 16.4 Å². The standard InChI is InChI=1S/C33H33O3P/c1-22-14-13-19-28(25-15-9-7-10-16-25)30(22)37(36,31(34)26-17-11-8-12-18-26)32(35)29-23(2)20-27(21-24(29)3)33(4,5)6/h7-21H,1-6H3. The van der Waals surface area contributed by atoms with Crippen molar-refractivity contribution in [2.24, 2.45) is 0 Å². The molecule has 1 unspecified atom stereocenters. The summed E-state index contributed by atoms with van der Waals surface area (Å²) < 4.78 is 15.3. The molecule has 0 N–H and O–H groups in total. The zero-order chi connectivity index (χ0) is 27.0. The highest BCUT2D eigenvalue weighted by atomic mass is 31.2. The minimum Gasteiger partial charge on any atom is -0.302 e. The molecular weight excluding hydrogens is 475 g/mol. The van der Waals surface area contributed by atoms with E-state index in [9.17, 15) is 9.59 Å². The molecule has 4 heteroatoms. The first kappa shape index (κ1) is 26.5. The summed E-state index contributed by atoms with van der Waals surface area (Å²) >= 11 is 0. The molecule has 0 amide bonds. The molecule has 0 aromatic heterocycles. The highest BCUT2D eigenvalue weighted by Gasteiger charge is 2.46. The summed E-state index contributed by atoms with van der Waals surface area (Å²) in [6, 6.07) is 27.5. The van der Waals surface area contributed by atoms with E-state index in [4.69, 9.17) is 0 Å². The van der Waals surface area contributed by atoms with Crippen molar-refractivity contribution in [1.82, 2.24) is 0 Å². The summed E-state index contributed by atoms with van der Waals surface area (Å²) in [6.45, 7) is 11.9. The van der Waals surface area contributed by atoms with E-state index in [1.165, 1.54) is 0 Å². The summed E-state index contributed by atoms with van der Waals surface area (Å²) in [7, 11) is -4.33. The van der Waals surface area contributed by atoms with Gasteiger partial charge in [0.15, 0.2) is 0 Å². The van der Waals surface area contributed by atoms with Gasteiger partial charge in [0.1, 0.15) is 0 Å². The number of carbonyl (C=O) groups is 2. The van der Waals surface area contributed by atoms with Crippen LogP contribution in [0.2, 0.25) is 0 Å². The van der Waals surface area contributed by atoms with Gasteiger partial charge in [-0.3, -0.25) is 9.59 Å². The Bertz CT molecular complexity index is 1500. The van der Waals surface area contributed by atoms with Crippen LogP contribution < -0.4 is 5.30 Å². The second-order valence-corrected chi connectivity index (χ2v) is 13.1. The zero-order valence-corrected chi connectivity index (χ0v) is 23.2. The predicted molar refractivity (Wildman–Crippen MR) is 154 cm³/mol. The minimum atomic E-state index is -4.33. The molecule has 0 aliphatic rings. The van der Waals surface area contributed by atoms with Crippen LogP contribution in [0.1, 0.15) is 63.7 Å². The Morgan fingerprint density at radius 2 is 1.19 bits per heavy atom. The largest absolute Gasteiger partial charge is 0.302 e. The first-order chi connectivity index (χ1) is 17.5. The molecule has 0 saturated carbocycles. The first-order valence-electron chi connectivity index (χ1n) is 12.5. The lowest BCUT2D eigenvalue weighted by atomic mass is 9.84. The van der Waals surface area contributed by atoms with Gasteiger partial charge in [-0.05, 0) is 59.6 Å². The molecule has 4 aromatic carbocycles. The lowest BCUT2D eigenvalue weighted by Crippen LogP contribution is -2.25. The Balaban J connectivity index is 2.05. The lowest BCUT2D eigenvalue weighted by Gasteiger charge is -2.25. The monoisotopic (exact) mass is 508 g/mol. The van der Waals surface area contributed by atoms with E-state index in [1.807, 2.05) is 81.4 Å². The van der Waals surface area contributed by atoms with Crippen LogP contribution in [0.5, 0.6) is 0 Å². The van der Waals surface area contributed by atoms with Gasteiger partial charge >= 0.3 is 0 Å². The third-order valence-corrected chi connectivity index (χ3v) is 9.69. The molecule has 0 saturated heterocycles. The second-order valence-electron chi connectivity index (χ2n) is 10.7. The van der Waals surface area contributed by atoms with Gasteiger partial charge in [-0.1, -0.05) is 112 Å². The summed E-state index contributed by atoms with van der Waals surface area (Å²) in [5.41, 5.74) is 3.93. The van der Waals surface area contributed by atoms with E-state index in [0.29, 0.717) is 22.0 Å². The van der Waals surface area contributed by atoms with E-state index in [0.717, 1.165) is 22.3 Å². The van der Waals surface area contributed by atoms with Crippen LogP contribution in [-0.2, 0) is 9.98 Å². The molecule has 4 rings (SSSR count). The Kier molecular flexibility index (Phi) is 7.22. The van der Waals surface area contributed by atoms with Crippen LogP contribution in [-0.4, -0.2) is 11.0 Å². The average Bonchev–Trinajstić information content (AvgIpc) is 2.87. The van der Waals surface area contributed by atoms with Crippen molar-refractivity contribution in [2.45, 2.75) is 47.0 Å². The Hall–Kier alpha value is -3.55. The number of rotatable bonds is 6. The van der Waals surface area contributed by atoms with Gasteiger partial charge in [0.25, 0.3) is 0 Å². The fourth-order valence-corrected chi connectivity index (χ4v) is 7.76. The smallest absolute Gasteiger partial charge is 0.249 e. The van der Waals surface area contributed by atoms with Crippen LogP contribution in [0.3, 0.4) is 0 Å². The maximum absolute atomic E-state index is 15.3. The van der Waals surface area contributed by atoms with Crippen LogP contribution in [0.15, 0.2) is 91.0 Å². The number of hydrogen-bond donors (Lipinski definition) is 0. The quantitative estimate of drug-likeness (QED) is 0.246. The molecule has 4 aromatic rings. The Morgan fingerprint density at radius 3 is 1.73 bits per heavy atom. The van der Waals surface area contributed by atoms with Crippen molar-refractivity contribution in [3.05, 3.63) is 124 Å². The van der Waals surface area contributed by atoms with Crippen molar-refractivity contribution in [3.63, 3.8) is 0 Å². The van der Waals surface area contributed by atoms with Gasteiger partial charge in [0.05, 0.1) is 0 Å². The molecule has 3 nitrogen and oxygen atoms in total. The molecule has 188 valence electrons. The van der Waals surface area contributed by atoms with E-state index in [-0.39, 0.29) is 11.0 Å². The molecule has 0 aliphatic heterocycles. The molecule has 0 aliphatic carbocycles. The van der Waals surface area contributed by atoms with Crippen molar-refractivity contribution in [3.8, 4) is 11.1 Å². The van der Waals surface area contributed by atoms with Gasteiger partial charge in [0.2, 0.25) is 18.2 Å². The number of carbonyl (C=O) groups excluding carboxylic acids is 2. The van der Waals surface area contributed by atoms with Gasteiger partial charge in [-0.2, -0.15) is 0 Å². The maximum atomic E-state index is 15.3. The maximum Gasteiger partial charge on any atom is 0.249 e. The highest BCUT2D eigenvalue weighted by molar-refractivity contribution is 8.01. The van der Waals surface area contributed by atoms with Crippen molar-refractivity contribution in [2.75, 3.05) is 0 Å². The Labute approximate surface area is 219 Å². The Morgan fingerprint density at radius 1 is 0.649 bits per heavy atom. The van der Waals surface area contributed by atoms with Crippen LogP contribution >= 0.6 is 7.14 Å². The third kappa shape index (κ3) is 4.89. The molecule has 0 fully saturated rings. The molecular formula is C33H33O3P. The predicted octanol–water partition coefficient (Wildman–Crippen LogP) is 8.25. The SMILES string of the molecule is Cc1cc(C(C)(C)C)cc(C)c1C(=O)P(=O)(C(=O)c1ccccc1)c1c(C)cccc1-c1ccccc1. The molecule has 0 radical (unpaired) electrons. The second kappa shape index (κ2) is 10.1. The van der Waals surface area contributed by atoms with Crippen LogP contribution in [0, 0.1) is 20.8 Å². The number of benzene rings is 4. The molecule has 37 heavy (non-hydrogen) atoms. The first-order valence-corrected chi connectivity index (χ1v) is 14.2. The minimum absolute atomic E-state index is 0.114. The lowest BCUT2D eigenvalue weighted by molar-refractivity contribution is 0.104. The highest BCUT2D eigenvalue weighted by Crippen LogP contribution is 2.54. The van der Waals surface area contributed by atoms with Crippen molar-refractivity contribution in [1.29, 1.82) is 0 Å². The van der Waals surface area contributed by atoms with Gasteiger partial charge < -0.3 is 4.57 Å². The van der Waals surface area contributed by atoms with Gasteiger partial charge in [-0.15, -0.1) is 0 Å². The van der Waals surface area contributed by atoms with E-state index < -0.39 is 18.2 Å². The molecule has 0 bridgehead atoms. The van der Waals surface area contributed by atoms with E-state index in [2.05, 4.69) is 20.8 Å². The van der Waals surface area contributed by atoms with Crippen molar-refractivity contribution >= 4 is 23.5 Å². The summed E-state index contributed by atoms with van der Waals surface area (Å²) in [4.78, 5) is 28.7. The van der Waals surface area contributed by atoms with E-state index >= 15 is 4.57 Å². The number of aryl methyl sites for hydroxylation is 3. The number of hydrogen-bond acceptors (Lipinski definition) is 3.